The lowest BCUT2D eigenvalue weighted by atomic mass is 10.1. The predicted octanol–water partition coefficient (Wildman–Crippen LogP) is 4.56. The molecule has 1 amide bonds. The number of halogens is 3. The summed E-state index contributed by atoms with van der Waals surface area (Å²) in [7, 11) is 0. The number of carbonyl (C=O) groups is 2. The Morgan fingerprint density at radius 2 is 1.71 bits per heavy atom. The molecule has 0 radical (unpaired) electrons. The molecule has 0 bridgehead atoms. The number of allylic oxidation sites excluding steroid dienone is 1. The van der Waals surface area contributed by atoms with E-state index in [2.05, 4.69) is 5.32 Å². The van der Waals surface area contributed by atoms with Gasteiger partial charge in [-0.3, -0.25) is 9.59 Å². The van der Waals surface area contributed by atoms with Crippen molar-refractivity contribution in [2.45, 2.75) is 13.1 Å². The lowest BCUT2D eigenvalue weighted by Crippen LogP contribution is -2.06. The van der Waals surface area contributed by atoms with Gasteiger partial charge in [0.2, 0.25) is 5.91 Å². The zero-order chi connectivity index (χ0) is 17.7. The third kappa shape index (κ3) is 4.81. The zero-order valence-corrected chi connectivity index (χ0v) is 12.7. The van der Waals surface area contributed by atoms with Crippen LogP contribution in [-0.2, 0) is 11.0 Å². The molecule has 0 aromatic heterocycles. The van der Waals surface area contributed by atoms with Crippen molar-refractivity contribution < 1.29 is 22.8 Å². The lowest BCUT2D eigenvalue weighted by Gasteiger charge is -2.06. The number of amides is 1. The van der Waals surface area contributed by atoms with Crippen LogP contribution < -0.4 is 5.32 Å². The van der Waals surface area contributed by atoms with E-state index in [1.165, 1.54) is 37.3 Å². The molecule has 24 heavy (non-hydrogen) atoms. The fraction of sp³-hybridized carbons (Fsp3) is 0.111. The monoisotopic (exact) mass is 333 g/mol. The standard InChI is InChI=1S/C18H14F3NO2/c1-12(23)22-16-4-2-3-14(11-16)17(24)10-7-13-5-8-15(9-6-13)18(19,20)21/h2-11H,1H3,(H,22,23). The molecule has 2 rings (SSSR count). The highest BCUT2D eigenvalue weighted by molar-refractivity contribution is 6.07. The number of ketones is 1. The van der Waals surface area contributed by atoms with Gasteiger partial charge in [0.25, 0.3) is 0 Å². The molecule has 0 aliphatic rings. The number of hydrogen-bond donors (Lipinski definition) is 1. The SMILES string of the molecule is CC(=O)Nc1cccc(C(=O)C=Cc2ccc(C(F)(F)F)cc2)c1. The third-order valence-corrected chi connectivity index (χ3v) is 3.13. The smallest absolute Gasteiger partial charge is 0.326 e. The highest BCUT2D eigenvalue weighted by Crippen LogP contribution is 2.29. The van der Waals surface area contributed by atoms with E-state index < -0.39 is 11.7 Å². The van der Waals surface area contributed by atoms with Crippen molar-refractivity contribution in [3.05, 3.63) is 71.3 Å². The summed E-state index contributed by atoms with van der Waals surface area (Å²) in [5.74, 6) is -0.568. The maximum absolute atomic E-state index is 12.5. The van der Waals surface area contributed by atoms with Gasteiger partial charge in [-0.15, -0.1) is 0 Å². The summed E-state index contributed by atoms with van der Waals surface area (Å²) >= 11 is 0. The van der Waals surface area contributed by atoms with Crippen LogP contribution in [0.1, 0.15) is 28.4 Å². The number of alkyl halides is 3. The van der Waals surface area contributed by atoms with Crippen LogP contribution in [0.4, 0.5) is 18.9 Å². The lowest BCUT2D eigenvalue weighted by molar-refractivity contribution is -0.137. The van der Waals surface area contributed by atoms with Crippen molar-refractivity contribution >= 4 is 23.5 Å². The Labute approximate surface area is 136 Å². The molecule has 0 heterocycles. The molecule has 0 saturated heterocycles. The third-order valence-electron chi connectivity index (χ3n) is 3.13. The first-order chi connectivity index (χ1) is 11.3. The van der Waals surface area contributed by atoms with E-state index in [1.807, 2.05) is 0 Å². The van der Waals surface area contributed by atoms with Gasteiger partial charge in [-0.05, 0) is 35.9 Å². The second kappa shape index (κ2) is 7.12. The highest BCUT2D eigenvalue weighted by atomic mass is 19.4. The van der Waals surface area contributed by atoms with E-state index in [1.54, 1.807) is 18.2 Å². The van der Waals surface area contributed by atoms with Gasteiger partial charge in [0.1, 0.15) is 0 Å². The Hall–Kier alpha value is -2.89. The molecule has 2 aromatic rings. The number of carbonyl (C=O) groups excluding carboxylic acids is 2. The summed E-state index contributed by atoms with van der Waals surface area (Å²) in [5, 5.41) is 2.57. The van der Waals surface area contributed by atoms with Crippen LogP contribution in [0.2, 0.25) is 0 Å². The zero-order valence-electron chi connectivity index (χ0n) is 12.7. The van der Waals surface area contributed by atoms with Gasteiger partial charge in [-0.25, -0.2) is 0 Å². The van der Waals surface area contributed by atoms with Crippen molar-refractivity contribution in [3.8, 4) is 0 Å². The largest absolute Gasteiger partial charge is 0.416 e. The predicted molar refractivity (Wildman–Crippen MR) is 85.6 cm³/mol. The van der Waals surface area contributed by atoms with Crippen LogP contribution in [-0.4, -0.2) is 11.7 Å². The molecular weight excluding hydrogens is 319 g/mol. The van der Waals surface area contributed by atoms with Gasteiger partial charge in [-0.1, -0.05) is 30.3 Å². The van der Waals surface area contributed by atoms with Gasteiger partial charge in [0, 0.05) is 18.2 Å². The number of benzene rings is 2. The Kier molecular flexibility index (Phi) is 5.18. The molecule has 0 unspecified atom stereocenters. The quantitative estimate of drug-likeness (QED) is 0.658. The molecule has 0 aliphatic heterocycles. The van der Waals surface area contributed by atoms with Crippen LogP contribution in [0.15, 0.2) is 54.6 Å². The molecule has 0 aliphatic carbocycles. The average Bonchev–Trinajstić information content (AvgIpc) is 2.52. The minimum atomic E-state index is -4.39. The second-order valence-corrected chi connectivity index (χ2v) is 5.08. The van der Waals surface area contributed by atoms with E-state index in [4.69, 9.17) is 0 Å². The van der Waals surface area contributed by atoms with Crippen LogP contribution in [0.3, 0.4) is 0 Å². The minimum absolute atomic E-state index is 0.250. The Morgan fingerprint density at radius 1 is 1.04 bits per heavy atom. The summed E-state index contributed by atoms with van der Waals surface area (Å²) in [6, 6.07) is 10.9. The summed E-state index contributed by atoms with van der Waals surface area (Å²) in [5.41, 5.74) is 0.601. The normalized spacial score (nSPS) is 11.5. The van der Waals surface area contributed by atoms with Crippen molar-refractivity contribution in [3.63, 3.8) is 0 Å². The topological polar surface area (TPSA) is 46.2 Å². The van der Waals surface area contributed by atoms with Gasteiger partial charge in [-0.2, -0.15) is 13.2 Å². The first-order valence-electron chi connectivity index (χ1n) is 7.03. The van der Waals surface area contributed by atoms with E-state index in [0.717, 1.165) is 12.1 Å². The Balaban J connectivity index is 2.11. The van der Waals surface area contributed by atoms with Gasteiger partial charge < -0.3 is 5.32 Å². The molecule has 0 spiro atoms. The van der Waals surface area contributed by atoms with E-state index in [9.17, 15) is 22.8 Å². The highest BCUT2D eigenvalue weighted by Gasteiger charge is 2.29. The van der Waals surface area contributed by atoms with Gasteiger partial charge in [0.15, 0.2) is 5.78 Å². The summed E-state index contributed by atoms with van der Waals surface area (Å²) < 4.78 is 37.4. The van der Waals surface area contributed by atoms with E-state index in [-0.39, 0.29) is 11.7 Å². The second-order valence-electron chi connectivity index (χ2n) is 5.08. The van der Waals surface area contributed by atoms with E-state index >= 15 is 0 Å². The van der Waals surface area contributed by atoms with Crippen molar-refractivity contribution in [2.24, 2.45) is 0 Å². The molecule has 0 fully saturated rings. The van der Waals surface area contributed by atoms with Crippen molar-refractivity contribution in [1.29, 1.82) is 0 Å². The molecule has 6 heteroatoms. The van der Waals surface area contributed by atoms with Crippen molar-refractivity contribution in [1.82, 2.24) is 0 Å². The first-order valence-corrected chi connectivity index (χ1v) is 7.03. The Morgan fingerprint density at radius 3 is 2.29 bits per heavy atom. The van der Waals surface area contributed by atoms with Crippen LogP contribution >= 0.6 is 0 Å². The molecule has 2 aromatic carbocycles. The maximum atomic E-state index is 12.5. The number of hydrogen-bond acceptors (Lipinski definition) is 2. The van der Waals surface area contributed by atoms with Crippen LogP contribution in [0.5, 0.6) is 0 Å². The summed E-state index contributed by atoms with van der Waals surface area (Å²) in [4.78, 5) is 23.1. The van der Waals surface area contributed by atoms with Crippen molar-refractivity contribution in [2.75, 3.05) is 5.32 Å². The molecular formula is C18H14F3NO2. The fourth-order valence-corrected chi connectivity index (χ4v) is 2.00. The number of nitrogens with one attached hydrogen (secondary N) is 1. The number of rotatable bonds is 4. The Bertz CT molecular complexity index is 778. The van der Waals surface area contributed by atoms with Gasteiger partial charge >= 0.3 is 6.18 Å². The van der Waals surface area contributed by atoms with Crippen LogP contribution in [0.25, 0.3) is 6.08 Å². The summed E-state index contributed by atoms with van der Waals surface area (Å²) in [6.45, 7) is 1.36. The molecule has 0 atom stereocenters. The maximum Gasteiger partial charge on any atom is 0.416 e. The molecule has 124 valence electrons. The number of anilines is 1. The molecule has 1 N–H and O–H groups in total. The van der Waals surface area contributed by atoms with E-state index in [0.29, 0.717) is 16.8 Å². The van der Waals surface area contributed by atoms with Gasteiger partial charge in [0.05, 0.1) is 5.56 Å². The average molecular weight is 333 g/mol. The first kappa shape index (κ1) is 17.5. The molecule has 0 saturated carbocycles. The van der Waals surface area contributed by atoms with Crippen LogP contribution in [0, 0.1) is 0 Å². The fourth-order valence-electron chi connectivity index (χ4n) is 2.00. The molecule has 3 nitrogen and oxygen atoms in total. The summed E-state index contributed by atoms with van der Waals surface area (Å²) in [6.07, 6.45) is -1.68. The minimum Gasteiger partial charge on any atom is -0.326 e.